The fourth-order valence-electron chi connectivity index (χ4n) is 3.55. The number of hydrogen-bond acceptors (Lipinski definition) is 5. The third-order valence-electron chi connectivity index (χ3n) is 5.60. The number of piperidine rings is 1. The Labute approximate surface area is 179 Å². The number of aryl methyl sites for hydroxylation is 1. The first-order valence-corrected chi connectivity index (χ1v) is 10.9. The molecule has 3 rings (SSSR count). The minimum atomic E-state index is 0.499. The number of nitrogens with one attached hydrogen (secondary N) is 2. The predicted octanol–water partition coefficient (Wildman–Crippen LogP) is 1.90. The van der Waals surface area contributed by atoms with Crippen molar-refractivity contribution in [2.75, 3.05) is 39.8 Å². The molecular formula is C22H35N7O. The quantitative estimate of drug-likeness (QED) is 0.483. The second-order valence-corrected chi connectivity index (χ2v) is 7.74. The molecule has 1 aromatic carbocycles. The van der Waals surface area contributed by atoms with Crippen LogP contribution in [0, 0.1) is 6.92 Å². The number of ether oxygens (including phenoxy) is 1. The molecular weight excluding hydrogens is 378 g/mol. The Bertz CT molecular complexity index is 794. The van der Waals surface area contributed by atoms with Crippen molar-refractivity contribution in [1.29, 1.82) is 0 Å². The van der Waals surface area contributed by atoms with Crippen molar-refractivity contribution in [3.8, 4) is 5.75 Å². The van der Waals surface area contributed by atoms with Gasteiger partial charge in [0.2, 0.25) is 0 Å². The Morgan fingerprint density at radius 3 is 2.47 bits per heavy atom. The van der Waals surface area contributed by atoms with Crippen LogP contribution in [-0.2, 0) is 20.0 Å². The average molecular weight is 414 g/mol. The summed E-state index contributed by atoms with van der Waals surface area (Å²) in [4.78, 5) is 7.27. The summed E-state index contributed by atoms with van der Waals surface area (Å²) in [5, 5.41) is 15.3. The van der Waals surface area contributed by atoms with Gasteiger partial charge in [-0.15, -0.1) is 10.2 Å². The van der Waals surface area contributed by atoms with Crippen LogP contribution in [-0.4, -0.2) is 65.5 Å². The van der Waals surface area contributed by atoms with Crippen LogP contribution in [0.1, 0.15) is 36.5 Å². The fourth-order valence-corrected chi connectivity index (χ4v) is 3.55. The highest BCUT2D eigenvalue weighted by Crippen LogP contribution is 2.11. The number of rotatable bonds is 9. The smallest absolute Gasteiger partial charge is 0.191 e. The number of hydrogen-bond donors (Lipinski definition) is 2. The normalized spacial score (nSPS) is 15.2. The topological polar surface area (TPSA) is 79.6 Å². The lowest BCUT2D eigenvalue weighted by Crippen LogP contribution is -2.43. The van der Waals surface area contributed by atoms with E-state index < -0.39 is 0 Å². The number of likely N-dealkylation sites (tertiary alicyclic amines) is 1. The van der Waals surface area contributed by atoms with E-state index in [1.54, 1.807) is 7.11 Å². The molecule has 1 aliphatic rings. The third-order valence-corrected chi connectivity index (χ3v) is 5.60. The minimum absolute atomic E-state index is 0.499. The number of aromatic nitrogens is 3. The average Bonchev–Trinajstić information content (AvgIpc) is 3.10. The minimum Gasteiger partial charge on any atom is -0.497 e. The van der Waals surface area contributed by atoms with Crippen molar-refractivity contribution in [3.63, 3.8) is 0 Å². The summed E-state index contributed by atoms with van der Waals surface area (Å²) >= 11 is 0. The standard InChI is InChI=1S/C22H35N7O/c1-18-26-27-21(28(18)2)17-25-22(24-13-16-29-14-5-4-6-15-29)23-12-11-19-7-9-20(30-3)10-8-19/h7-10H,4-6,11-17H2,1-3H3,(H2,23,24,25). The van der Waals surface area contributed by atoms with Crippen LogP contribution in [0.4, 0.5) is 0 Å². The van der Waals surface area contributed by atoms with E-state index in [1.807, 2.05) is 30.7 Å². The van der Waals surface area contributed by atoms with Gasteiger partial charge in [-0.2, -0.15) is 0 Å². The molecule has 0 bridgehead atoms. The zero-order valence-corrected chi connectivity index (χ0v) is 18.5. The summed E-state index contributed by atoms with van der Waals surface area (Å²) < 4.78 is 7.21. The Hall–Kier alpha value is -2.61. The first-order chi connectivity index (χ1) is 14.7. The molecule has 30 heavy (non-hydrogen) atoms. The molecule has 0 unspecified atom stereocenters. The van der Waals surface area contributed by atoms with Crippen molar-refractivity contribution < 1.29 is 4.74 Å². The predicted molar refractivity (Wildman–Crippen MR) is 120 cm³/mol. The van der Waals surface area contributed by atoms with Gasteiger partial charge < -0.3 is 24.8 Å². The number of nitrogens with zero attached hydrogens (tertiary/aromatic N) is 5. The van der Waals surface area contributed by atoms with Gasteiger partial charge in [-0.05, 0) is 57.0 Å². The summed E-state index contributed by atoms with van der Waals surface area (Å²) in [6.45, 7) is 7.59. The van der Waals surface area contributed by atoms with Crippen molar-refractivity contribution >= 4 is 5.96 Å². The number of aliphatic imine (C=N–C) groups is 1. The second kappa shape index (κ2) is 11.5. The number of benzene rings is 1. The van der Waals surface area contributed by atoms with E-state index in [4.69, 9.17) is 9.73 Å². The molecule has 1 saturated heterocycles. The highest BCUT2D eigenvalue weighted by Gasteiger charge is 2.10. The summed E-state index contributed by atoms with van der Waals surface area (Å²) in [5.74, 6) is 3.46. The van der Waals surface area contributed by atoms with E-state index in [0.29, 0.717) is 6.54 Å². The van der Waals surface area contributed by atoms with Crippen LogP contribution in [0.3, 0.4) is 0 Å². The maximum atomic E-state index is 5.23. The molecule has 1 fully saturated rings. The molecule has 0 radical (unpaired) electrons. The van der Waals surface area contributed by atoms with Gasteiger partial charge in [0, 0.05) is 26.7 Å². The van der Waals surface area contributed by atoms with Gasteiger partial charge in [0.15, 0.2) is 11.8 Å². The molecule has 0 atom stereocenters. The highest BCUT2D eigenvalue weighted by atomic mass is 16.5. The lowest BCUT2D eigenvalue weighted by molar-refractivity contribution is 0.232. The molecule has 2 heterocycles. The SMILES string of the molecule is COc1ccc(CCNC(=NCc2nnc(C)n2C)NCCN2CCCCC2)cc1. The van der Waals surface area contributed by atoms with Crippen LogP contribution < -0.4 is 15.4 Å². The monoisotopic (exact) mass is 413 g/mol. The van der Waals surface area contributed by atoms with E-state index in [-0.39, 0.29) is 0 Å². The summed E-state index contributed by atoms with van der Waals surface area (Å²) in [6.07, 6.45) is 4.90. The van der Waals surface area contributed by atoms with Crippen molar-refractivity contribution in [2.24, 2.45) is 12.0 Å². The lowest BCUT2D eigenvalue weighted by Gasteiger charge is -2.26. The summed E-state index contributed by atoms with van der Waals surface area (Å²) in [5.41, 5.74) is 1.26. The zero-order chi connectivity index (χ0) is 21.2. The Morgan fingerprint density at radius 1 is 1.07 bits per heavy atom. The summed E-state index contributed by atoms with van der Waals surface area (Å²) in [7, 11) is 3.66. The van der Waals surface area contributed by atoms with E-state index in [2.05, 4.69) is 37.9 Å². The van der Waals surface area contributed by atoms with Crippen LogP contribution in [0.25, 0.3) is 0 Å². The Balaban J connectivity index is 1.52. The van der Waals surface area contributed by atoms with Crippen LogP contribution in [0.15, 0.2) is 29.3 Å². The van der Waals surface area contributed by atoms with Gasteiger partial charge in [-0.1, -0.05) is 18.6 Å². The van der Waals surface area contributed by atoms with Crippen molar-refractivity contribution in [2.45, 2.75) is 39.2 Å². The van der Waals surface area contributed by atoms with Gasteiger partial charge in [-0.25, -0.2) is 4.99 Å². The summed E-state index contributed by atoms with van der Waals surface area (Å²) in [6, 6.07) is 8.20. The molecule has 2 aromatic rings. The Kier molecular flexibility index (Phi) is 8.50. The van der Waals surface area contributed by atoms with Gasteiger partial charge in [0.1, 0.15) is 18.1 Å². The van der Waals surface area contributed by atoms with Crippen molar-refractivity contribution in [1.82, 2.24) is 30.3 Å². The second-order valence-electron chi connectivity index (χ2n) is 7.74. The van der Waals surface area contributed by atoms with Gasteiger partial charge in [0.25, 0.3) is 0 Å². The van der Waals surface area contributed by atoms with Crippen molar-refractivity contribution in [3.05, 3.63) is 41.5 Å². The van der Waals surface area contributed by atoms with Gasteiger partial charge in [-0.3, -0.25) is 0 Å². The van der Waals surface area contributed by atoms with E-state index >= 15 is 0 Å². The lowest BCUT2D eigenvalue weighted by atomic mass is 10.1. The van der Waals surface area contributed by atoms with Gasteiger partial charge >= 0.3 is 0 Å². The molecule has 8 nitrogen and oxygen atoms in total. The molecule has 8 heteroatoms. The first kappa shape index (κ1) is 22.1. The van der Waals surface area contributed by atoms with Crippen LogP contribution in [0.5, 0.6) is 5.75 Å². The number of methoxy groups -OCH3 is 1. The highest BCUT2D eigenvalue weighted by molar-refractivity contribution is 5.79. The molecule has 1 aliphatic heterocycles. The maximum absolute atomic E-state index is 5.23. The molecule has 164 valence electrons. The van der Waals surface area contributed by atoms with Crippen LogP contribution in [0.2, 0.25) is 0 Å². The molecule has 0 amide bonds. The van der Waals surface area contributed by atoms with Crippen LogP contribution >= 0.6 is 0 Å². The number of guanidine groups is 1. The van der Waals surface area contributed by atoms with E-state index in [1.165, 1.54) is 37.9 Å². The van der Waals surface area contributed by atoms with E-state index in [0.717, 1.165) is 49.4 Å². The molecule has 0 aliphatic carbocycles. The van der Waals surface area contributed by atoms with Gasteiger partial charge in [0.05, 0.1) is 7.11 Å². The molecule has 1 aromatic heterocycles. The zero-order valence-electron chi connectivity index (χ0n) is 18.5. The third kappa shape index (κ3) is 6.73. The maximum Gasteiger partial charge on any atom is 0.191 e. The molecule has 2 N–H and O–H groups in total. The Morgan fingerprint density at radius 2 is 1.80 bits per heavy atom. The largest absolute Gasteiger partial charge is 0.497 e. The first-order valence-electron chi connectivity index (χ1n) is 10.9. The molecule has 0 saturated carbocycles. The van der Waals surface area contributed by atoms with E-state index in [9.17, 15) is 0 Å². The fraction of sp³-hybridized carbons (Fsp3) is 0.591. The molecule has 0 spiro atoms.